The van der Waals surface area contributed by atoms with Crippen LogP contribution in [0.4, 0.5) is 0 Å². The average Bonchev–Trinajstić information content (AvgIpc) is 3.15. The maximum Gasteiger partial charge on any atom is 0.303 e. The first-order chi connectivity index (χ1) is 9.02. The summed E-state index contributed by atoms with van der Waals surface area (Å²) >= 11 is 0. The highest BCUT2D eigenvalue weighted by Crippen LogP contribution is 2.51. The zero-order chi connectivity index (χ0) is 14.3. The van der Waals surface area contributed by atoms with E-state index in [1.165, 1.54) is 6.92 Å². The summed E-state index contributed by atoms with van der Waals surface area (Å²) in [5.41, 5.74) is 0. The lowest BCUT2D eigenvalue weighted by molar-refractivity contribution is -0.137. The van der Waals surface area contributed by atoms with Crippen LogP contribution < -0.4 is 10.6 Å². The monoisotopic (exact) mass is 306 g/mol. The first-order valence-electron chi connectivity index (χ1n) is 6.02. The van der Waals surface area contributed by atoms with Gasteiger partial charge in [0.05, 0.1) is 12.1 Å². The third-order valence-corrected chi connectivity index (χ3v) is 4.51. The van der Waals surface area contributed by atoms with Gasteiger partial charge in [0.1, 0.15) is 16.8 Å². The number of carboxylic acids is 1. The quantitative estimate of drug-likeness (QED) is 0.290. The van der Waals surface area contributed by atoms with Crippen LogP contribution in [0.3, 0.4) is 0 Å². The fourth-order valence-corrected chi connectivity index (χ4v) is 2.56. The highest BCUT2D eigenvalue weighted by Gasteiger charge is 2.28. The van der Waals surface area contributed by atoms with Crippen LogP contribution in [0.5, 0.6) is 0 Å². The number of hydrogen-bond donors (Lipinski definition) is 3. The maximum atomic E-state index is 11.4. The van der Waals surface area contributed by atoms with Gasteiger partial charge in [0, 0.05) is 6.42 Å². The molecule has 8 heteroatoms. The number of hydrogen-bond acceptors (Lipinski definition) is 7. The zero-order valence-electron chi connectivity index (χ0n) is 10.6. The molecule has 1 aliphatic rings. The van der Waals surface area contributed by atoms with Crippen molar-refractivity contribution in [2.75, 3.05) is 6.54 Å². The third-order valence-electron chi connectivity index (χ3n) is 2.69. The van der Waals surface area contributed by atoms with Gasteiger partial charge in [-0.15, -0.1) is 0 Å². The molecule has 19 heavy (non-hydrogen) atoms. The summed E-state index contributed by atoms with van der Waals surface area (Å²) in [5.74, 6) is -0.845. The number of carboxylic acid groups (broad SMARTS) is 1. The normalized spacial score (nSPS) is 17.7. The topological polar surface area (TPSA) is 95.5 Å². The smallest absolute Gasteiger partial charge is 0.303 e. The van der Waals surface area contributed by atoms with E-state index in [-0.39, 0.29) is 24.7 Å². The van der Waals surface area contributed by atoms with Crippen molar-refractivity contribution in [2.45, 2.75) is 43.0 Å². The molecule has 0 aliphatic carbocycles. The highest BCUT2D eigenvalue weighted by molar-refractivity contribution is 8.92. The summed E-state index contributed by atoms with van der Waals surface area (Å²) in [6.45, 7) is 2.04. The Bertz CT molecular complexity index is 337. The van der Waals surface area contributed by atoms with Gasteiger partial charge in [-0.3, -0.25) is 14.9 Å². The molecule has 0 bridgehead atoms. The number of aliphatic carboxylic acids is 1. The van der Waals surface area contributed by atoms with E-state index in [1.807, 2.05) is 0 Å². The molecular weight excluding hydrogens is 288 g/mol. The van der Waals surface area contributed by atoms with E-state index in [4.69, 9.17) is 5.11 Å². The van der Waals surface area contributed by atoms with Gasteiger partial charge in [-0.1, -0.05) is 21.6 Å². The third kappa shape index (κ3) is 7.56. The number of aldehydes is 1. The Morgan fingerprint density at radius 2 is 2.05 bits per heavy atom. The Balaban J connectivity index is 2.22. The van der Waals surface area contributed by atoms with E-state index >= 15 is 0 Å². The summed E-state index contributed by atoms with van der Waals surface area (Å²) in [6, 6.07) is -0.680. The van der Waals surface area contributed by atoms with Gasteiger partial charge in [0.2, 0.25) is 0 Å². The Hall–Kier alpha value is -0.570. The van der Waals surface area contributed by atoms with Crippen molar-refractivity contribution in [2.24, 2.45) is 0 Å². The van der Waals surface area contributed by atoms with Crippen LogP contribution in [0.1, 0.15) is 26.2 Å². The predicted molar refractivity (Wildman–Crippen MR) is 75.9 cm³/mol. The lowest BCUT2D eigenvalue weighted by Gasteiger charge is -2.16. The minimum absolute atomic E-state index is 0.0415. The Kier molecular flexibility index (Phi) is 7.44. The van der Waals surface area contributed by atoms with Crippen LogP contribution in [-0.2, 0) is 14.4 Å². The van der Waals surface area contributed by atoms with Crippen molar-refractivity contribution >= 4 is 39.6 Å². The van der Waals surface area contributed by atoms with Crippen LogP contribution in [0.15, 0.2) is 0 Å². The van der Waals surface area contributed by atoms with Crippen molar-refractivity contribution in [3.05, 3.63) is 0 Å². The van der Waals surface area contributed by atoms with E-state index in [0.717, 1.165) is 0 Å². The number of nitrogens with one attached hydrogen (secondary N) is 2. The lowest BCUT2D eigenvalue weighted by atomic mass is 10.1. The molecule has 0 aromatic rings. The summed E-state index contributed by atoms with van der Waals surface area (Å²) in [5, 5.41) is 14.7. The van der Waals surface area contributed by atoms with E-state index in [2.05, 4.69) is 10.6 Å². The van der Waals surface area contributed by atoms with E-state index in [0.29, 0.717) is 24.0 Å². The molecule has 0 saturated carbocycles. The second-order valence-electron chi connectivity index (χ2n) is 4.27. The lowest BCUT2D eigenvalue weighted by Crippen LogP contribution is -2.40. The number of carbonyl (C=O) groups is 3. The van der Waals surface area contributed by atoms with Crippen molar-refractivity contribution in [1.82, 2.24) is 10.6 Å². The molecule has 1 heterocycles. The standard InChI is InChI=1S/C11H18N2O4S2/c1-7(15)9(13-11-18-19-11)4-5-12-8(6-14)2-3-10(16)17/h6,8-9,11-13H,2-5H2,1H3,(H,16,17)/t8-,9-/m0/s1. The maximum absolute atomic E-state index is 11.4. The summed E-state index contributed by atoms with van der Waals surface area (Å²) in [4.78, 5) is 32.6. The van der Waals surface area contributed by atoms with Crippen LogP contribution in [-0.4, -0.2) is 46.5 Å². The predicted octanol–water partition coefficient (Wildman–Crippen LogP) is 0.624. The molecule has 1 saturated heterocycles. The van der Waals surface area contributed by atoms with Gasteiger partial charge < -0.3 is 15.2 Å². The first-order valence-corrected chi connectivity index (χ1v) is 8.29. The molecule has 1 fully saturated rings. The number of rotatable bonds is 11. The largest absolute Gasteiger partial charge is 0.481 e. The van der Waals surface area contributed by atoms with E-state index < -0.39 is 12.0 Å². The molecule has 6 nitrogen and oxygen atoms in total. The van der Waals surface area contributed by atoms with Gasteiger partial charge >= 0.3 is 5.97 Å². The first kappa shape index (κ1) is 16.5. The second kappa shape index (κ2) is 8.57. The Labute approximate surface area is 119 Å². The molecule has 0 amide bonds. The van der Waals surface area contributed by atoms with E-state index in [1.54, 1.807) is 21.6 Å². The van der Waals surface area contributed by atoms with Crippen molar-refractivity contribution in [3.8, 4) is 0 Å². The van der Waals surface area contributed by atoms with Crippen LogP contribution in [0.2, 0.25) is 0 Å². The second-order valence-corrected chi connectivity index (χ2v) is 7.05. The summed E-state index contributed by atoms with van der Waals surface area (Å²) < 4.78 is 0.294. The minimum Gasteiger partial charge on any atom is -0.481 e. The van der Waals surface area contributed by atoms with E-state index in [9.17, 15) is 14.4 Å². The van der Waals surface area contributed by atoms with Crippen molar-refractivity contribution < 1.29 is 19.5 Å². The molecule has 0 aromatic heterocycles. The van der Waals surface area contributed by atoms with Crippen molar-refractivity contribution in [1.29, 1.82) is 0 Å². The molecule has 1 aliphatic heterocycles. The number of ketones is 1. The Morgan fingerprint density at radius 1 is 1.37 bits per heavy atom. The molecule has 0 spiro atoms. The molecule has 2 atom stereocenters. The van der Waals surface area contributed by atoms with Crippen LogP contribution in [0, 0.1) is 0 Å². The van der Waals surface area contributed by atoms with Crippen molar-refractivity contribution in [3.63, 3.8) is 0 Å². The van der Waals surface area contributed by atoms with Crippen LogP contribution in [0.25, 0.3) is 0 Å². The Morgan fingerprint density at radius 3 is 2.53 bits per heavy atom. The van der Waals surface area contributed by atoms with Gasteiger partial charge in [0.15, 0.2) is 0 Å². The molecule has 1 rings (SSSR count). The van der Waals surface area contributed by atoms with Gasteiger partial charge in [-0.25, -0.2) is 0 Å². The SMILES string of the molecule is CC(=O)[C@H](CCN[C@H](C=O)CCC(=O)O)NC1SS1. The molecule has 0 aromatic carbocycles. The van der Waals surface area contributed by atoms with Gasteiger partial charge in [-0.2, -0.15) is 0 Å². The number of carbonyl (C=O) groups excluding carboxylic acids is 2. The molecule has 0 unspecified atom stereocenters. The molecule has 3 N–H and O–H groups in total. The highest BCUT2D eigenvalue weighted by atomic mass is 33.2. The summed E-state index contributed by atoms with van der Waals surface area (Å²) in [7, 11) is 3.36. The molecule has 0 radical (unpaired) electrons. The van der Waals surface area contributed by atoms with Gasteiger partial charge in [0.25, 0.3) is 0 Å². The average molecular weight is 306 g/mol. The fraction of sp³-hybridized carbons (Fsp3) is 0.727. The van der Waals surface area contributed by atoms with Gasteiger partial charge in [-0.05, 0) is 26.3 Å². The molecular formula is C11H18N2O4S2. The molecule has 108 valence electrons. The minimum atomic E-state index is -0.917. The zero-order valence-corrected chi connectivity index (χ0v) is 12.3. The number of Topliss-reactive ketones (excluding diaryl/α,β-unsaturated/α-hetero) is 1. The van der Waals surface area contributed by atoms with Crippen LogP contribution >= 0.6 is 21.6 Å². The fourth-order valence-electron chi connectivity index (χ4n) is 1.56. The summed E-state index contributed by atoms with van der Waals surface area (Å²) in [6.07, 6.45) is 1.53.